The number of cyclic esters (lactones) is 1. The van der Waals surface area contributed by atoms with Gasteiger partial charge in [0.05, 0.1) is 19.6 Å². The zero-order valence-corrected chi connectivity index (χ0v) is 11.2. The molecule has 0 spiro atoms. The quantitative estimate of drug-likeness (QED) is 0.891. The molecule has 100 valence electrons. The first-order valence-corrected chi connectivity index (χ1v) is 6.18. The van der Waals surface area contributed by atoms with E-state index in [9.17, 15) is 4.79 Å². The number of amides is 1. The number of nitrogens with one attached hydrogen (secondary N) is 1. The molecular weight excluding hydrogens is 232 g/mol. The molecule has 5 heteroatoms. The van der Waals surface area contributed by atoms with Crippen molar-refractivity contribution in [3.05, 3.63) is 23.7 Å². The zero-order chi connectivity index (χ0) is 13.2. The molecule has 1 aromatic heterocycles. The van der Waals surface area contributed by atoms with Gasteiger partial charge in [-0.05, 0) is 32.9 Å². The highest BCUT2D eigenvalue weighted by Crippen LogP contribution is 2.14. The number of hydrogen-bond acceptors (Lipinski definition) is 4. The molecule has 0 aromatic carbocycles. The normalized spacial score (nSPS) is 16.2. The Morgan fingerprint density at radius 1 is 1.33 bits per heavy atom. The average Bonchev–Trinajstić information content (AvgIpc) is 2.86. The molecule has 5 nitrogen and oxygen atoms in total. The summed E-state index contributed by atoms with van der Waals surface area (Å²) in [5.41, 5.74) is 0.0612. The molecule has 0 radical (unpaired) electrons. The topological polar surface area (TPSA) is 54.7 Å². The summed E-state index contributed by atoms with van der Waals surface area (Å²) in [6.07, 6.45) is -0.263. The Morgan fingerprint density at radius 2 is 2.06 bits per heavy atom. The third kappa shape index (κ3) is 3.50. The Labute approximate surface area is 107 Å². The molecule has 0 atom stereocenters. The summed E-state index contributed by atoms with van der Waals surface area (Å²) in [7, 11) is 0. The second kappa shape index (κ2) is 5.02. The van der Waals surface area contributed by atoms with Crippen LogP contribution in [-0.4, -0.2) is 29.7 Å². The van der Waals surface area contributed by atoms with E-state index in [0.29, 0.717) is 26.2 Å². The second-order valence-electron chi connectivity index (χ2n) is 5.51. The van der Waals surface area contributed by atoms with Crippen LogP contribution in [-0.2, 0) is 17.8 Å². The van der Waals surface area contributed by atoms with Crippen molar-refractivity contribution in [2.24, 2.45) is 0 Å². The van der Waals surface area contributed by atoms with Crippen molar-refractivity contribution < 1.29 is 13.9 Å². The minimum atomic E-state index is -0.263. The maximum Gasteiger partial charge on any atom is 0.410 e. The fourth-order valence-electron chi connectivity index (χ4n) is 1.71. The summed E-state index contributed by atoms with van der Waals surface area (Å²) < 4.78 is 10.5. The highest BCUT2D eigenvalue weighted by Gasteiger charge is 2.23. The summed E-state index contributed by atoms with van der Waals surface area (Å²) in [5.74, 6) is 1.67. The van der Waals surface area contributed by atoms with Crippen LogP contribution >= 0.6 is 0 Å². The largest absolute Gasteiger partial charge is 0.463 e. The molecule has 0 unspecified atom stereocenters. The number of nitrogens with zero attached hydrogens (tertiary/aromatic N) is 1. The van der Waals surface area contributed by atoms with Crippen LogP contribution in [0.4, 0.5) is 4.79 Å². The number of ether oxygens (including phenoxy) is 1. The van der Waals surface area contributed by atoms with E-state index in [-0.39, 0.29) is 11.6 Å². The molecule has 0 saturated carbocycles. The summed E-state index contributed by atoms with van der Waals surface area (Å²) >= 11 is 0. The van der Waals surface area contributed by atoms with Crippen molar-refractivity contribution in [2.45, 2.75) is 39.4 Å². The van der Waals surface area contributed by atoms with Crippen molar-refractivity contribution in [1.29, 1.82) is 0 Å². The number of carbonyl (C=O) groups excluding carboxylic acids is 1. The van der Waals surface area contributed by atoms with Crippen molar-refractivity contribution in [1.82, 2.24) is 10.2 Å². The lowest BCUT2D eigenvalue weighted by Crippen LogP contribution is -2.34. The third-order valence-corrected chi connectivity index (χ3v) is 2.70. The highest BCUT2D eigenvalue weighted by atomic mass is 16.6. The van der Waals surface area contributed by atoms with Crippen LogP contribution in [0.25, 0.3) is 0 Å². The molecule has 0 bridgehead atoms. The molecular formula is C13H20N2O3. The van der Waals surface area contributed by atoms with E-state index >= 15 is 0 Å². The molecule has 18 heavy (non-hydrogen) atoms. The fraction of sp³-hybridized carbons (Fsp3) is 0.615. The molecule has 1 aromatic rings. The lowest BCUT2D eigenvalue weighted by molar-refractivity contribution is 0.155. The highest BCUT2D eigenvalue weighted by molar-refractivity contribution is 5.69. The van der Waals surface area contributed by atoms with Gasteiger partial charge in [0.25, 0.3) is 0 Å². The summed E-state index contributed by atoms with van der Waals surface area (Å²) in [6.45, 7) is 8.60. The summed E-state index contributed by atoms with van der Waals surface area (Å²) in [6, 6.07) is 3.85. The van der Waals surface area contributed by atoms with Crippen LogP contribution in [0.1, 0.15) is 32.3 Å². The molecule has 1 aliphatic rings. The van der Waals surface area contributed by atoms with Gasteiger partial charge in [-0.25, -0.2) is 4.79 Å². The minimum Gasteiger partial charge on any atom is -0.463 e. The maximum absolute atomic E-state index is 11.3. The van der Waals surface area contributed by atoms with E-state index in [4.69, 9.17) is 9.15 Å². The number of furan rings is 1. The van der Waals surface area contributed by atoms with Crippen LogP contribution in [0, 0.1) is 0 Å². The Morgan fingerprint density at radius 3 is 2.67 bits per heavy atom. The average molecular weight is 252 g/mol. The number of hydrogen-bond donors (Lipinski definition) is 1. The number of rotatable bonds is 4. The first-order valence-electron chi connectivity index (χ1n) is 6.18. The minimum absolute atomic E-state index is 0.0612. The van der Waals surface area contributed by atoms with Gasteiger partial charge in [-0.15, -0.1) is 0 Å². The third-order valence-electron chi connectivity index (χ3n) is 2.70. The van der Waals surface area contributed by atoms with E-state index < -0.39 is 0 Å². The predicted molar refractivity (Wildman–Crippen MR) is 67.1 cm³/mol. The standard InChI is InChI=1S/C13H20N2O3/c1-13(2,3)14-8-10-4-5-11(18-10)9-15-6-7-17-12(15)16/h4-5,14H,6-9H2,1-3H3. The number of carbonyl (C=O) groups is 1. The van der Waals surface area contributed by atoms with E-state index in [1.165, 1.54) is 0 Å². The van der Waals surface area contributed by atoms with Gasteiger partial charge in [-0.1, -0.05) is 0 Å². The Balaban J connectivity index is 1.88. The van der Waals surface area contributed by atoms with Gasteiger partial charge < -0.3 is 14.5 Å². The summed E-state index contributed by atoms with van der Waals surface area (Å²) in [4.78, 5) is 12.9. The molecule has 1 fully saturated rings. The predicted octanol–water partition coefficient (Wildman–Crippen LogP) is 2.12. The molecule has 1 aliphatic heterocycles. The van der Waals surface area contributed by atoms with Gasteiger partial charge in [0.1, 0.15) is 18.1 Å². The van der Waals surface area contributed by atoms with Crippen LogP contribution < -0.4 is 5.32 Å². The van der Waals surface area contributed by atoms with Crippen LogP contribution in [0.2, 0.25) is 0 Å². The van der Waals surface area contributed by atoms with Gasteiger partial charge in [-0.3, -0.25) is 4.90 Å². The van der Waals surface area contributed by atoms with Crippen molar-refractivity contribution in [3.8, 4) is 0 Å². The van der Waals surface area contributed by atoms with Gasteiger partial charge in [0, 0.05) is 5.54 Å². The Kier molecular flexibility index (Phi) is 3.61. The Hall–Kier alpha value is -1.49. The SMILES string of the molecule is CC(C)(C)NCc1ccc(CN2CCOC2=O)o1. The molecule has 1 saturated heterocycles. The molecule has 0 aliphatic carbocycles. The molecule has 2 rings (SSSR count). The molecule has 1 N–H and O–H groups in total. The molecule has 1 amide bonds. The zero-order valence-electron chi connectivity index (χ0n) is 11.2. The lowest BCUT2D eigenvalue weighted by Gasteiger charge is -2.19. The van der Waals surface area contributed by atoms with Crippen molar-refractivity contribution >= 4 is 6.09 Å². The van der Waals surface area contributed by atoms with E-state index in [1.807, 2.05) is 12.1 Å². The van der Waals surface area contributed by atoms with E-state index in [1.54, 1.807) is 4.90 Å². The first kappa shape index (κ1) is 13.0. The van der Waals surface area contributed by atoms with Gasteiger partial charge in [-0.2, -0.15) is 0 Å². The van der Waals surface area contributed by atoms with Gasteiger partial charge >= 0.3 is 6.09 Å². The van der Waals surface area contributed by atoms with E-state index in [2.05, 4.69) is 26.1 Å². The fourth-order valence-corrected chi connectivity index (χ4v) is 1.71. The van der Waals surface area contributed by atoms with Crippen molar-refractivity contribution in [3.63, 3.8) is 0 Å². The van der Waals surface area contributed by atoms with Gasteiger partial charge in [0.2, 0.25) is 0 Å². The smallest absolute Gasteiger partial charge is 0.410 e. The monoisotopic (exact) mass is 252 g/mol. The first-order chi connectivity index (χ1) is 8.44. The van der Waals surface area contributed by atoms with E-state index in [0.717, 1.165) is 11.5 Å². The van der Waals surface area contributed by atoms with Crippen LogP contribution in [0.5, 0.6) is 0 Å². The van der Waals surface area contributed by atoms with Crippen molar-refractivity contribution in [2.75, 3.05) is 13.2 Å². The van der Waals surface area contributed by atoms with Crippen LogP contribution in [0.15, 0.2) is 16.5 Å². The Bertz CT molecular complexity index is 420. The second-order valence-corrected chi connectivity index (χ2v) is 5.51. The summed E-state index contributed by atoms with van der Waals surface area (Å²) in [5, 5.41) is 3.35. The van der Waals surface area contributed by atoms with Crippen LogP contribution in [0.3, 0.4) is 0 Å². The van der Waals surface area contributed by atoms with Gasteiger partial charge in [0.15, 0.2) is 0 Å². The maximum atomic E-state index is 11.3. The molecule has 2 heterocycles. The lowest BCUT2D eigenvalue weighted by atomic mass is 10.1.